The highest BCUT2D eigenvalue weighted by Crippen LogP contribution is 2.31. The van der Waals surface area contributed by atoms with Crippen molar-refractivity contribution in [3.8, 4) is 55.6 Å². The summed E-state index contributed by atoms with van der Waals surface area (Å²) in [4.78, 5) is 0. The lowest BCUT2D eigenvalue weighted by atomic mass is 9.95. The average molecular weight is 791 g/mol. The van der Waals surface area contributed by atoms with Gasteiger partial charge in [0, 0.05) is 0 Å². The maximum absolute atomic E-state index is 2.18. The van der Waals surface area contributed by atoms with Gasteiger partial charge in [0.05, 0.1) is 0 Å². The van der Waals surface area contributed by atoms with Crippen molar-refractivity contribution in [2.24, 2.45) is 0 Å². The molecule has 0 nitrogen and oxygen atoms in total. The predicted octanol–water partition coefficient (Wildman–Crippen LogP) is 19.1. The van der Waals surface area contributed by atoms with Crippen LogP contribution in [-0.2, 0) is 0 Å². The molecule has 8 aromatic rings. The third-order valence-corrected chi connectivity index (χ3v) is 8.41. The van der Waals surface area contributed by atoms with Gasteiger partial charge in [-0.1, -0.05) is 298 Å². The molecule has 0 heterocycles. The molecule has 0 aliphatic carbocycles. The van der Waals surface area contributed by atoms with Gasteiger partial charge in [-0.15, -0.1) is 0 Å². The minimum Gasteiger partial charge on any atom is -0.0919 e. The van der Waals surface area contributed by atoms with Crippen LogP contribution in [0.1, 0.15) is 69.2 Å². The second-order valence-corrected chi connectivity index (χ2v) is 12.0. The first-order valence-electron chi connectivity index (χ1n) is 21.9. The summed E-state index contributed by atoms with van der Waals surface area (Å²) in [7, 11) is 0. The monoisotopic (exact) mass is 791 g/mol. The van der Waals surface area contributed by atoms with E-state index >= 15 is 0 Å². The zero-order chi connectivity index (χ0) is 44.1. The normalized spacial score (nSPS) is 9.10. The standard InChI is InChI=1S/2C18H14.C12H10.C4H8.4C2H6/c1-3-9-15(10-4-1)17-13-7-8-14-18(17)16-11-5-2-6-12-16;1-3-7-15(8-4-1)17-11-13-18(14-12-17)16-9-5-2-6-10-16;1-3-7-11(8-4-1)12-9-5-2-6-10-12;1-3-4-2;4*1-2/h2*1-14H;1-10H;3-4H,1-2H3;4*1-2H3/b;;;4-3-;;;;. The highest BCUT2D eigenvalue weighted by molar-refractivity contribution is 5.83. The third kappa shape index (κ3) is 18.8. The van der Waals surface area contributed by atoms with E-state index in [0.29, 0.717) is 0 Å². The highest BCUT2D eigenvalue weighted by Gasteiger charge is 2.05. The van der Waals surface area contributed by atoms with E-state index in [0.717, 1.165) is 0 Å². The van der Waals surface area contributed by atoms with Crippen molar-refractivity contribution < 1.29 is 0 Å². The molecule has 0 saturated carbocycles. The van der Waals surface area contributed by atoms with Crippen molar-refractivity contribution in [2.75, 3.05) is 0 Å². The van der Waals surface area contributed by atoms with E-state index in [-0.39, 0.29) is 0 Å². The fourth-order valence-electron chi connectivity index (χ4n) is 5.60. The Balaban J connectivity index is 0.000000404. The fourth-order valence-corrected chi connectivity index (χ4v) is 5.60. The van der Waals surface area contributed by atoms with Gasteiger partial charge in [0.1, 0.15) is 0 Å². The fraction of sp³-hybridized carbons (Fsp3) is 0.167. The van der Waals surface area contributed by atoms with Gasteiger partial charge in [0.2, 0.25) is 0 Å². The van der Waals surface area contributed by atoms with Gasteiger partial charge in [0.25, 0.3) is 0 Å². The smallest absolute Gasteiger partial charge is 0.0105 e. The Bertz CT molecular complexity index is 1980. The second kappa shape index (κ2) is 34.5. The van der Waals surface area contributed by atoms with Gasteiger partial charge >= 0.3 is 0 Å². The van der Waals surface area contributed by atoms with Crippen molar-refractivity contribution in [3.63, 3.8) is 0 Å². The zero-order valence-corrected chi connectivity index (χ0v) is 38.1. The van der Waals surface area contributed by atoms with E-state index in [1.54, 1.807) is 0 Å². The van der Waals surface area contributed by atoms with Crippen LogP contribution in [-0.4, -0.2) is 0 Å². The molecule has 0 saturated heterocycles. The summed E-state index contributed by atoms with van der Waals surface area (Å²) in [6, 6.07) is 80.0. The summed E-state index contributed by atoms with van der Waals surface area (Å²) in [5.41, 5.74) is 12.7. The summed E-state index contributed by atoms with van der Waals surface area (Å²) in [6.07, 6.45) is 4.00. The molecule has 8 aromatic carbocycles. The van der Waals surface area contributed by atoms with E-state index in [1.807, 2.05) is 106 Å². The first-order chi connectivity index (χ1) is 29.8. The molecule has 0 atom stereocenters. The van der Waals surface area contributed by atoms with Gasteiger partial charge in [-0.2, -0.15) is 0 Å². The Morgan fingerprint density at radius 1 is 0.183 bits per heavy atom. The molecule has 0 aliphatic rings. The van der Waals surface area contributed by atoms with Crippen LogP contribution in [0.2, 0.25) is 0 Å². The molecule has 0 N–H and O–H groups in total. The zero-order valence-electron chi connectivity index (χ0n) is 38.1. The van der Waals surface area contributed by atoms with Crippen LogP contribution < -0.4 is 0 Å². The van der Waals surface area contributed by atoms with Crippen molar-refractivity contribution in [2.45, 2.75) is 69.2 Å². The summed E-state index contributed by atoms with van der Waals surface area (Å²) in [5, 5.41) is 0. The lowest BCUT2D eigenvalue weighted by Crippen LogP contribution is -1.83. The SMILES string of the molecule is C/C=C\C.CC.CC.CC.CC.c1ccc(-c2ccc(-c3ccccc3)cc2)cc1.c1ccc(-c2ccccc2)cc1.c1ccc(-c2ccccc2-c2ccccc2)cc1. The molecule has 8 rings (SSSR count). The molecule has 0 bridgehead atoms. The Morgan fingerprint density at radius 3 is 0.517 bits per heavy atom. The van der Waals surface area contributed by atoms with E-state index in [4.69, 9.17) is 0 Å². The van der Waals surface area contributed by atoms with Gasteiger partial charge in [0.15, 0.2) is 0 Å². The first kappa shape index (κ1) is 51.5. The molecular formula is C60H70. The quantitative estimate of drug-likeness (QED) is 0.152. The summed E-state index contributed by atoms with van der Waals surface area (Å²) < 4.78 is 0. The second-order valence-electron chi connectivity index (χ2n) is 12.0. The van der Waals surface area contributed by atoms with E-state index in [2.05, 4.69) is 206 Å². The maximum Gasteiger partial charge on any atom is -0.0105 e. The first-order valence-corrected chi connectivity index (χ1v) is 21.9. The molecule has 0 aliphatic heterocycles. The van der Waals surface area contributed by atoms with Crippen LogP contribution in [0.25, 0.3) is 55.6 Å². The summed E-state index contributed by atoms with van der Waals surface area (Å²) in [6.45, 7) is 20.0. The van der Waals surface area contributed by atoms with Crippen molar-refractivity contribution in [3.05, 3.63) is 243 Å². The molecule has 310 valence electrons. The number of rotatable bonds is 5. The predicted molar refractivity (Wildman–Crippen MR) is 272 cm³/mol. The van der Waals surface area contributed by atoms with Crippen molar-refractivity contribution >= 4 is 0 Å². The Hall–Kier alpha value is -6.50. The molecular weight excluding hydrogens is 721 g/mol. The number of hydrogen-bond donors (Lipinski definition) is 0. The van der Waals surface area contributed by atoms with Crippen LogP contribution >= 0.6 is 0 Å². The van der Waals surface area contributed by atoms with Crippen LogP contribution in [0.4, 0.5) is 0 Å². The van der Waals surface area contributed by atoms with Gasteiger partial charge in [-0.3, -0.25) is 0 Å². The summed E-state index contributed by atoms with van der Waals surface area (Å²) >= 11 is 0. The Morgan fingerprint density at radius 2 is 0.333 bits per heavy atom. The molecule has 0 heteroatoms. The number of benzene rings is 8. The van der Waals surface area contributed by atoms with Crippen molar-refractivity contribution in [1.82, 2.24) is 0 Å². The lowest BCUT2D eigenvalue weighted by molar-refractivity contribution is 1.50. The third-order valence-electron chi connectivity index (χ3n) is 8.41. The molecule has 0 radical (unpaired) electrons. The van der Waals surface area contributed by atoms with Crippen LogP contribution in [0.5, 0.6) is 0 Å². The summed E-state index contributed by atoms with van der Waals surface area (Å²) in [5.74, 6) is 0. The molecule has 0 spiro atoms. The number of hydrogen-bond acceptors (Lipinski definition) is 0. The maximum atomic E-state index is 2.18. The van der Waals surface area contributed by atoms with E-state index in [9.17, 15) is 0 Å². The Kier molecular flexibility index (Phi) is 29.7. The van der Waals surface area contributed by atoms with E-state index < -0.39 is 0 Å². The minimum absolute atomic E-state index is 1.26. The van der Waals surface area contributed by atoms with Crippen LogP contribution in [0.3, 0.4) is 0 Å². The van der Waals surface area contributed by atoms with Crippen LogP contribution in [0, 0.1) is 0 Å². The average Bonchev–Trinajstić information content (AvgIpc) is 3.38. The minimum atomic E-state index is 1.26. The number of allylic oxidation sites excluding steroid dienone is 2. The topological polar surface area (TPSA) is 0 Å². The molecule has 0 aromatic heterocycles. The van der Waals surface area contributed by atoms with Gasteiger partial charge in [-0.25, -0.2) is 0 Å². The Labute approximate surface area is 366 Å². The lowest BCUT2D eigenvalue weighted by Gasteiger charge is -2.09. The van der Waals surface area contributed by atoms with Gasteiger partial charge < -0.3 is 0 Å². The van der Waals surface area contributed by atoms with Crippen LogP contribution in [0.15, 0.2) is 243 Å². The van der Waals surface area contributed by atoms with E-state index in [1.165, 1.54) is 55.6 Å². The molecule has 0 unspecified atom stereocenters. The molecule has 0 fully saturated rings. The molecule has 0 amide bonds. The van der Waals surface area contributed by atoms with Crippen molar-refractivity contribution in [1.29, 1.82) is 0 Å². The largest absolute Gasteiger partial charge is 0.0919 e. The highest BCUT2D eigenvalue weighted by atomic mass is 14.1. The van der Waals surface area contributed by atoms with Gasteiger partial charge in [-0.05, 0) is 69.5 Å². The molecule has 60 heavy (non-hydrogen) atoms.